The van der Waals surface area contributed by atoms with Crippen molar-refractivity contribution >= 4 is 11.5 Å². The van der Waals surface area contributed by atoms with Gasteiger partial charge in [-0.25, -0.2) is 4.98 Å². The van der Waals surface area contributed by atoms with Crippen molar-refractivity contribution in [2.24, 2.45) is 0 Å². The van der Waals surface area contributed by atoms with E-state index in [0.717, 1.165) is 11.3 Å². The molecule has 0 bridgehead atoms. The zero-order valence-electron chi connectivity index (χ0n) is 11.3. The van der Waals surface area contributed by atoms with Crippen molar-refractivity contribution in [3.05, 3.63) is 47.7 Å². The van der Waals surface area contributed by atoms with E-state index in [4.69, 9.17) is 10.5 Å². The normalized spacial score (nSPS) is 10.2. The van der Waals surface area contributed by atoms with Crippen LogP contribution in [0.15, 0.2) is 36.5 Å². The molecular formula is C15H19N3O. The first-order valence-electron chi connectivity index (χ1n) is 6.31. The first kappa shape index (κ1) is 13.2. The van der Waals surface area contributed by atoms with Gasteiger partial charge in [0.15, 0.2) is 0 Å². The summed E-state index contributed by atoms with van der Waals surface area (Å²) >= 11 is 0. The summed E-state index contributed by atoms with van der Waals surface area (Å²) in [5.41, 5.74) is 8.84. The van der Waals surface area contributed by atoms with Crippen LogP contribution in [0, 0.1) is 13.8 Å². The predicted molar refractivity (Wildman–Crippen MR) is 78.6 cm³/mol. The summed E-state index contributed by atoms with van der Waals surface area (Å²) in [4.78, 5) is 4.21. The Labute approximate surface area is 113 Å². The van der Waals surface area contributed by atoms with Gasteiger partial charge in [0.1, 0.15) is 18.2 Å². The summed E-state index contributed by atoms with van der Waals surface area (Å²) in [5.74, 6) is 1.60. The molecule has 1 heterocycles. The molecule has 4 heteroatoms. The van der Waals surface area contributed by atoms with Gasteiger partial charge in [-0.2, -0.15) is 0 Å². The van der Waals surface area contributed by atoms with E-state index < -0.39 is 0 Å². The Kier molecular flexibility index (Phi) is 4.23. The second kappa shape index (κ2) is 6.09. The Bertz CT molecular complexity index is 555. The van der Waals surface area contributed by atoms with E-state index in [1.807, 2.05) is 44.2 Å². The van der Waals surface area contributed by atoms with Crippen LogP contribution in [0.25, 0.3) is 0 Å². The second-order valence-corrected chi connectivity index (χ2v) is 4.48. The molecule has 0 saturated heterocycles. The number of aromatic nitrogens is 1. The molecule has 2 aromatic rings. The smallest absolute Gasteiger partial charge is 0.149 e. The van der Waals surface area contributed by atoms with Crippen LogP contribution >= 0.6 is 0 Å². The summed E-state index contributed by atoms with van der Waals surface area (Å²) in [6.45, 7) is 5.24. The van der Waals surface area contributed by atoms with Crippen LogP contribution in [-0.4, -0.2) is 18.1 Å². The van der Waals surface area contributed by atoms with E-state index in [9.17, 15) is 0 Å². The van der Waals surface area contributed by atoms with Gasteiger partial charge in [-0.05, 0) is 43.2 Å². The van der Waals surface area contributed by atoms with E-state index >= 15 is 0 Å². The number of ether oxygens (including phenoxy) is 1. The summed E-state index contributed by atoms with van der Waals surface area (Å²) in [6, 6.07) is 9.88. The summed E-state index contributed by atoms with van der Waals surface area (Å²) in [5, 5.41) is 3.18. The van der Waals surface area contributed by atoms with Crippen molar-refractivity contribution in [3.8, 4) is 5.75 Å². The summed E-state index contributed by atoms with van der Waals surface area (Å²) in [7, 11) is 0. The standard InChI is InChI=1S/C15H19N3O/c1-11-4-3-5-13(10-11)19-9-8-18-15-14(16)12(2)6-7-17-15/h3-7,10H,8-9,16H2,1-2H3,(H,17,18). The van der Waals surface area contributed by atoms with Gasteiger partial charge in [-0.1, -0.05) is 12.1 Å². The number of nitrogens with zero attached hydrogens (tertiary/aromatic N) is 1. The van der Waals surface area contributed by atoms with Gasteiger partial charge in [0.25, 0.3) is 0 Å². The van der Waals surface area contributed by atoms with Gasteiger partial charge in [0, 0.05) is 6.20 Å². The quantitative estimate of drug-likeness (QED) is 0.809. The number of hydrogen-bond acceptors (Lipinski definition) is 4. The third-order valence-corrected chi connectivity index (χ3v) is 2.86. The number of aryl methyl sites for hydroxylation is 2. The Morgan fingerprint density at radius 2 is 2.11 bits per heavy atom. The van der Waals surface area contributed by atoms with E-state index in [1.54, 1.807) is 6.20 Å². The fourth-order valence-electron chi connectivity index (χ4n) is 1.75. The van der Waals surface area contributed by atoms with Crippen molar-refractivity contribution in [3.63, 3.8) is 0 Å². The molecule has 4 nitrogen and oxygen atoms in total. The second-order valence-electron chi connectivity index (χ2n) is 4.48. The molecule has 19 heavy (non-hydrogen) atoms. The monoisotopic (exact) mass is 257 g/mol. The average molecular weight is 257 g/mol. The molecule has 0 aliphatic rings. The molecule has 0 spiro atoms. The van der Waals surface area contributed by atoms with Gasteiger partial charge in [-0.15, -0.1) is 0 Å². The number of anilines is 2. The maximum Gasteiger partial charge on any atom is 0.149 e. The molecule has 3 N–H and O–H groups in total. The largest absolute Gasteiger partial charge is 0.492 e. The topological polar surface area (TPSA) is 60.2 Å². The minimum atomic E-state index is 0.568. The van der Waals surface area contributed by atoms with Crippen LogP contribution in [0.1, 0.15) is 11.1 Å². The van der Waals surface area contributed by atoms with E-state index in [0.29, 0.717) is 24.7 Å². The van der Waals surface area contributed by atoms with Crippen LogP contribution in [0.5, 0.6) is 5.75 Å². The van der Waals surface area contributed by atoms with Crippen LogP contribution in [0.4, 0.5) is 11.5 Å². The number of nitrogens with two attached hydrogens (primary N) is 1. The van der Waals surface area contributed by atoms with Gasteiger partial charge >= 0.3 is 0 Å². The zero-order chi connectivity index (χ0) is 13.7. The lowest BCUT2D eigenvalue weighted by atomic mass is 10.2. The molecule has 0 atom stereocenters. The minimum absolute atomic E-state index is 0.568. The summed E-state index contributed by atoms with van der Waals surface area (Å²) < 4.78 is 5.65. The SMILES string of the molecule is Cc1cccc(OCCNc2nccc(C)c2N)c1. The fourth-order valence-corrected chi connectivity index (χ4v) is 1.75. The lowest BCUT2D eigenvalue weighted by molar-refractivity contribution is 0.332. The Balaban J connectivity index is 1.82. The predicted octanol–water partition coefficient (Wildman–Crippen LogP) is 2.77. The minimum Gasteiger partial charge on any atom is -0.492 e. The highest BCUT2D eigenvalue weighted by molar-refractivity contribution is 5.64. The van der Waals surface area contributed by atoms with Crippen molar-refractivity contribution in [1.82, 2.24) is 4.98 Å². The number of rotatable bonds is 5. The maximum absolute atomic E-state index is 5.93. The van der Waals surface area contributed by atoms with E-state index in [-0.39, 0.29) is 0 Å². The molecule has 1 aromatic carbocycles. The molecule has 1 aromatic heterocycles. The van der Waals surface area contributed by atoms with Gasteiger partial charge in [0.2, 0.25) is 0 Å². The molecule has 0 unspecified atom stereocenters. The molecule has 2 rings (SSSR count). The number of nitrogen functional groups attached to an aromatic ring is 1. The highest BCUT2D eigenvalue weighted by Crippen LogP contribution is 2.18. The van der Waals surface area contributed by atoms with E-state index in [2.05, 4.69) is 10.3 Å². The maximum atomic E-state index is 5.93. The Hall–Kier alpha value is -2.23. The van der Waals surface area contributed by atoms with Crippen molar-refractivity contribution < 1.29 is 4.74 Å². The molecule has 0 radical (unpaired) electrons. The Morgan fingerprint density at radius 3 is 2.89 bits per heavy atom. The summed E-state index contributed by atoms with van der Waals surface area (Å²) in [6.07, 6.45) is 1.75. The van der Waals surface area contributed by atoms with Crippen LogP contribution < -0.4 is 15.8 Å². The van der Waals surface area contributed by atoms with Crippen molar-refractivity contribution in [2.45, 2.75) is 13.8 Å². The lowest BCUT2D eigenvalue weighted by Crippen LogP contribution is -2.13. The van der Waals surface area contributed by atoms with Crippen molar-refractivity contribution in [1.29, 1.82) is 0 Å². The van der Waals surface area contributed by atoms with Gasteiger partial charge < -0.3 is 15.8 Å². The lowest BCUT2D eigenvalue weighted by Gasteiger charge is -2.11. The number of pyridine rings is 1. The first-order valence-corrected chi connectivity index (χ1v) is 6.31. The third kappa shape index (κ3) is 3.61. The first-order chi connectivity index (χ1) is 9.16. The third-order valence-electron chi connectivity index (χ3n) is 2.86. The van der Waals surface area contributed by atoms with E-state index in [1.165, 1.54) is 5.56 Å². The molecule has 0 fully saturated rings. The van der Waals surface area contributed by atoms with Gasteiger partial charge in [0.05, 0.1) is 12.2 Å². The number of nitrogens with one attached hydrogen (secondary N) is 1. The van der Waals surface area contributed by atoms with Crippen molar-refractivity contribution in [2.75, 3.05) is 24.2 Å². The van der Waals surface area contributed by atoms with Crippen LogP contribution in [0.2, 0.25) is 0 Å². The van der Waals surface area contributed by atoms with Crippen LogP contribution in [-0.2, 0) is 0 Å². The zero-order valence-corrected chi connectivity index (χ0v) is 11.3. The molecule has 0 aliphatic carbocycles. The number of hydrogen-bond donors (Lipinski definition) is 2. The fraction of sp³-hybridized carbons (Fsp3) is 0.267. The number of benzene rings is 1. The molecular weight excluding hydrogens is 238 g/mol. The highest BCUT2D eigenvalue weighted by Gasteiger charge is 2.02. The van der Waals surface area contributed by atoms with Gasteiger partial charge in [-0.3, -0.25) is 0 Å². The molecule has 0 aliphatic heterocycles. The molecule has 0 saturated carbocycles. The Morgan fingerprint density at radius 1 is 1.26 bits per heavy atom. The molecule has 100 valence electrons. The van der Waals surface area contributed by atoms with Crippen LogP contribution in [0.3, 0.4) is 0 Å². The molecule has 0 amide bonds. The average Bonchev–Trinajstić information content (AvgIpc) is 2.39. The highest BCUT2D eigenvalue weighted by atomic mass is 16.5.